The Morgan fingerprint density at radius 3 is 2.67 bits per heavy atom. The number of nitrogens with zero attached hydrogens (tertiary/aromatic N) is 5. The number of carbonyl (C=O) groups is 3. The van der Waals surface area contributed by atoms with Crippen LogP contribution in [0, 0.1) is 0 Å². The largest absolute Gasteiger partial charge is 0.493 e. The zero-order valence-corrected chi connectivity index (χ0v) is 17.7. The minimum absolute atomic E-state index is 0.0372. The molecule has 0 bridgehead atoms. The molecule has 0 aliphatic carbocycles. The van der Waals surface area contributed by atoms with E-state index in [1.54, 1.807) is 41.3 Å². The van der Waals surface area contributed by atoms with Crippen molar-refractivity contribution in [1.29, 1.82) is 0 Å². The molecule has 0 unspecified atom stereocenters. The summed E-state index contributed by atoms with van der Waals surface area (Å²) >= 11 is 0. The summed E-state index contributed by atoms with van der Waals surface area (Å²) in [5, 5.41) is 15.5. The third kappa shape index (κ3) is 3.14. The number of tetrazole rings is 1. The molecule has 1 atom stereocenters. The van der Waals surface area contributed by atoms with Gasteiger partial charge in [0.25, 0.3) is 17.8 Å². The minimum Gasteiger partial charge on any atom is -0.493 e. The number of para-hydroxylation sites is 1. The number of benzene rings is 2. The van der Waals surface area contributed by atoms with E-state index in [4.69, 9.17) is 9.47 Å². The lowest BCUT2D eigenvalue weighted by atomic mass is 10.0. The average Bonchev–Trinajstić information content (AvgIpc) is 3.44. The third-order valence-electron chi connectivity index (χ3n) is 5.66. The summed E-state index contributed by atoms with van der Waals surface area (Å²) in [5.41, 5.74) is 1.80. The summed E-state index contributed by atoms with van der Waals surface area (Å²) in [5.74, 6) is -0.243. The van der Waals surface area contributed by atoms with E-state index in [-0.39, 0.29) is 30.7 Å². The monoisotopic (exact) mass is 449 g/mol. The van der Waals surface area contributed by atoms with E-state index < -0.39 is 12.1 Å². The first kappa shape index (κ1) is 20.4. The van der Waals surface area contributed by atoms with Crippen molar-refractivity contribution in [3.8, 4) is 11.5 Å². The molecule has 0 radical (unpaired) electrons. The first-order valence-corrected chi connectivity index (χ1v) is 10.1. The minimum atomic E-state index is -0.729. The molecular weight excluding hydrogens is 430 g/mol. The van der Waals surface area contributed by atoms with Gasteiger partial charge in [-0.1, -0.05) is 23.3 Å². The number of ether oxygens (including phenoxy) is 2. The fourth-order valence-electron chi connectivity index (χ4n) is 4.28. The Labute approximate surface area is 187 Å². The van der Waals surface area contributed by atoms with Crippen LogP contribution in [-0.4, -0.2) is 64.0 Å². The molecule has 168 valence electrons. The summed E-state index contributed by atoms with van der Waals surface area (Å²) in [4.78, 5) is 42.5. The van der Waals surface area contributed by atoms with E-state index in [9.17, 15) is 14.4 Å². The van der Waals surface area contributed by atoms with Crippen molar-refractivity contribution in [2.24, 2.45) is 0 Å². The number of anilines is 2. The van der Waals surface area contributed by atoms with Crippen LogP contribution in [0.5, 0.6) is 11.5 Å². The van der Waals surface area contributed by atoms with E-state index in [1.165, 1.54) is 19.1 Å². The number of fused-ring (bicyclic) bond motifs is 5. The molecule has 0 saturated carbocycles. The van der Waals surface area contributed by atoms with Crippen LogP contribution < -0.4 is 19.7 Å². The molecule has 1 aromatic heterocycles. The van der Waals surface area contributed by atoms with Crippen LogP contribution in [0.2, 0.25) is 0 Å². The maximum absolute atomic E-state index is 13.6. The second-order valence-corrected chi connectivity index (χ2v) is 7.36. The fraction of sp³-hybridized carbons (Fsp3) is 0.238. The lowest BCUT2D eigenvalue weighted by molar-refractivity contribution is -0.116. The highest BCUT2D eigenvalue weighted by Crippen LogP contribution is 2.49. The molecule has 12 heteroatoms. The number of nitrogens with one attached hydrogen (secondary N) is 2. The molecule has 2 N–H and O–H groups in total. The van der Waals surface area contributed by atoms with E-state index in [1.807, 2.05) is 0 Å². The lowest BCUT2D eigenvalue weighted by Gasteiger charge is -2.40. The van der Waals surface area contributed by atoms with Crippen molar-refractivity contribution in [3.05, 3.63) is 53.1 Å². The van der Waals surface area contributed by atoms with E-state index in [2.05, 4.69) is 25.9 Å². The number of amides is 3. The molecular formula is C21H19N7O5. The van der Waals surface area contributed by atoms with Gasteiger partial charge in [0.1, 0.15) is 6.17 Å². The Kier molecular flexibility index (Phi) is 4.89. The lowest BCUT2D eigenvalue weighted by Crippen LogP contribution is -2.49. The summed E-state index contributed by atoms with van der Waals surface area (Å²) < 4.78 is 10.9. The zero-order chi connectivity index (χ0) is 23.1. The van der Waals surface area contributed by atoms with Crippen LogP contribution in [0.3, 0.4) is 0 Å². The van der Waals surface area contributed by atoms with Crippen LogP contribution >= 0.6 is 0 Å². The number of rotatable bonds is 6. The molecule has 0 spiro atoms. The van der Waals surface area contributed by atoms with Gasteiger partial charge in [-0.25, -0.2) is 0 Å². The number of methoxy groups -OCH3 is 2. The highest BCUT2D eigenvalue weighted by Gasteiger charge is 2.49. The maximum Gasteiger partial charge on any atom is 0.269 e. The van der Waals surface area contributed by atoms with Crippen LogP contribution in [0.4, 0.5) is 11.6 Å². The number of H-pyrrole nitrogens is 1. The van der Waals surface area contributed by atoms with Crippen molar-refractivity contribution in [2.45, 2.75) is 12.6 Å². The molecule has 3 heterocycles. The van der Waals surface area contributed by atoms with Crippen molar-refractivity contribution in [1.82, 2.24) is 25.5 Å². The molecule has 3 amide bonds. The standard InChI is InChI=1S/C21H19N7O5/c1-32-14-8-7-12-16(17(14)33-2)20(31)28-13-6-4-3-5-11(13)19(30)27(18(12)28)10-9-15(29)22-21-23-25-26-24-21/h3-8,18H,9-10H2,1-2H3,(H2,22,23,24,25,26,29)/t18-/m0/s1. The first-order chi connectivity index (χ1) is 16.0. The number of aromatic nitrogens is 4. The van der Waals surface area contributed by atoms with Crippen LogP contribution in [0.15, 0.2) is 36.4 Å². The van der Waals surface area contributed by atoms with Gasteiger partial charge in [-0.2, -0.15) is 5.21 Å². The Bertz CT molecular complexity index is 1260. The predicted molar refractivity (Wildman–Crippen MR) is 114 cm³/mol. The Balaban J connectivity index is 1.55. The molecule has 2 aliphatic rings. The summed E-state index contributed by atoms with van der Waals surface area (Å²) in [6.45, 7) is 0.0546. The van der Waals surface area contributed by atoms with Gasteiger partial charge in [-0.3, -0.25) is 24.6 Å². The smallest absolute Gasteiger partial charge is 0.269 e. The van der Waals surface area contributed by atoms with E-state index in [0.29, 0.717) is 33.9 Å². The van der Waals surface area contributed by atoms with Crippen molar-refractivity contribution in [3.63, 3.8) is 0 Å². The molecule has 3 aromatic rings. The SMILES string of the molecule is COc1ccc2c(c1OC)C(=O)N1c3ccccc3C(=O)N(CCC(=O)Nc3nn[nH]n3)[C@H]21. The number of hydrogen-bond acceptors (Lipinski definition) is 8. The summed E-state index contributed by atoms with van der Waals surface area (Å²) in [7, 11) is 2.95. The molecule has 2 aromatic carbocycles. The molecule has 0 fully saturated rings. The average molecular weight is 449 g/mol. The van der Waals surface area contributed by atoms with Gasteiger partial charge in [0.15, 0.2) is 11.5 Å². The maximum atomic E-state index is 13.6. The molecule has 2 aliphatic heterocycles. The predicted octanol–water partition coefficient (Wildman–Crippen LogP) is 1.36. The third-order valence-corrected chi connectivity index (χ3v) is 5.66. The van der Waals surface area contributed by atoms with Gasteiger partial charge in [0, 0.05) is 18.5 Å². The van der Waals surface area contributed by atoms with Gasteiger partial charge < -0.3 is 14.4 Å². The second kappa shape index (κ2) is 7.89. The highest BCUT2D eigenvalue weighted by atomic mass is 16.5. The topological polar surface area (TPSA) is 143 Å². The van der Waals surface area contributed by atoms with Crippen molar-refractivity contribution < 1.29 is 23.9 Å². The highest BCUT2D eigenvalue weighted by molar-refractivity contribution is 6.18. The summed E-state index contributed by atoms with van der Waals surface area (Å²) in [6.07, 6.45) is -0.767. The van der Waals surface area contributed by atoms with Gasteiger partial charge in [-0.05, 0) is 23.4 Å². The Hall–Kier alpha value is -4.48. The van der Waals surface area contributed by atoms with Crippen molar-refractivity contribution in [2.75, 3.05) is 31.0 Å². The van der Waals surface area contributed by atoms with Gasteiger partial charge in [0.05, 0.1) is 31.0 Å². The molecule has 5 rings (SSSR count). The second-order valence-electron chi connectivity index (χ2n) is 7.36. The quantitative estimate of drug-likeness (QED) is 0.574. The van der Waals surface area contributed by atoms with E-state index >= 15 is 0 Å². The molecule has 33 heavy (non-hydrogen) atoms. The first-order valence-electron chi connectivity index (χ1n) is 10.1. The van der Waals surface area contributed by atoms with Gasteiger partial charge >= 0.3 is 0 Å². The Morgan fingerprint density at radius 1 is 1.12 bits per heavy atom. The van der Waals surface area contributed by atoms with E-state index in [0.717, 1.165) is 0 Å². The number of hydrogen-bond donors (Lipinski definition) is 2. The molecule has 0 saturated heterocycles. The van der Waals surface area contributed by atoms with Gasteiger partial charge in [0.2, 0.25) is 5.91 Å². The summed E-state index contributed by atoms with van der Waals surface area (Å²) in [6, 6.07) is 10.3. The number of carbonyl (C=O) groups excluding carboxylic acids is 3. The zero-order valence-electron chi connectivity index (χ0n) is 17.7. The Morgan fingerprint density at radius 2 is 1.94 bits per heavy atom. The number of aromatic amines is 1. The fourth-order valence-corrected chi connectivity index (χ4v) is 4.28. The van der Waals surface area contributed by atoms with Gasteiger partial charge in [-0.15, -0.1) is 5.10 Å². The van der Waals surface area contributed by atoms with Crippen molar-refractivity contribution >= 4 is 29.4 Å². The molecule has 12 nitrogen and oxygen atoms in total. The normalized spacial score (nSPS) is 16.2. The van der Waals surface area contributed by atoms with Crippen LogP contribution in [0.25, 0.3) is 0 Å². The van der Waals surface area contributed by atoms with Crippen LogP contribution in [0.1, 0.15) is 38.9 Å². The van der Waals surface area contributed by atoms with Crippen LogP contribution in [-0.2, 0) is 4.79 Å².